The van der Waals surface area contributed by atoms with E-state index in [4.69, 9.17) is 16.3 Å². The molecule has 1 aliphatic rings. The lowest BCUT2D eigenvalue weighted by Crippen LogP contribution is -2.31. The molecule has 3 aromatic rings. The Bertz CT molecular complexity index is 1650. The van der Waals surface area contributed by atoms with Gasteiger partial charge in [0.2, 0.25) is 5.78 Å². The Morgan fingerprint density at radius 1 is 1.10 bits per heavy atom. The number of benzene rings is 3. The van der Waals surface area contributed by atoms with Gasteiger partial charge < -0.3 is 15.0 Å². The van der Waals surface area contributed by atoms with E-state index < -0.39 is 17.9 Å². The van der Waals surface area contributed by atoms with Crippen LogP contribution >= 0.6 is 0 Å². The fourth-order valence-corrected chi connectivity index (χ4v) is 4.32. The van der Waals surface area contributed by atoms with Crippen LogP contribution in [0.2, 0.25) is 0 Å². The third-order valence-corrected chi connectivity index (χ3v) is 6.47. The minimum Gasteiger partial charge on any atom is -0.442 e. The van der Waals surface area contributed by atoms with Crippen molar-refractivity contribution in [1.29, 1.82) is 0 Å². The lowest BCUT2D eigenvalue weighted by molar-refractivity contribution is -0.167. The molecular formula is C31H26F3N5O3. The summed E-state index contributed by atoms with van der Waals surface area (Å²) < 4.78 is 44.9. The number of allylic oxidation sites excluding steroid dienone is 2. The first-order valence-corrected chi connectivity index (χ1v) is 12.9. The molecule has 4 rings (SSSR count). The highest BCUT2D eigenvalue weighted by atomic mass is 19.4. The molecule has 0 heterocycles. The van der Waals surface area contributed by atoms with Crippen LogP contribution in [0.3, 0.4) is 0 Å². The van der Waals surface area contributed by atoms with E-state index >= 15 is 0 Å². The van der Waals surface area contributed by atoms with Gasteiger partial charge in [-0.2, -0.15) is 13.2 Å². The molecule has 214 valence electrons. The fourth-order valence-electron chi connectivity index (χ4n) is 4.32. The molecule has 0 aromatic heterocycles. The Labute approximate surface area is 240 Å². The van der Waals surface area contributed by atoms with Crippen molar-refractivity contribution in [2.45, 2.75) is 26.9 Å². The summed E-state index contributed by atoms with van der Waals surface area (Å²) in [5.74, 6) is -2.97. The van der Waals surface area contributed by atoms with E-state index in [9.17, 15) is 22.8 Å². The average Bonchev–Trinajstić information content (AvgIpc) is 2.97. The Morgan fingerprint density at radius 2 is 1.81 bits per heavy atom. The van der Waals surface area contributed by atoms with Gasteiger partial charge in [-0.1, -0.05) is 24.3 Å². The van der Waals surface area contributed by atoms with E-state index in [1.165, 1.54) is 24.3 Å². The van der Waals surface area contributed by atoms with Crippen LogP contribution in [0, 0.1) is 13.5 Å². The zero-order valence-corrected chi connectivity index (χ0v) is 23.0. The number of hydrogen-bond donors (Lipinski definition) is 1. The lowest BCUT2D eigenvalue weighted by Gasteiger charge is -2.22. The quantitative estimate of drug-likeness (QED) is 0.172. The van der Waals surface area contributed by atoms with Crippen molar-refractivity contribution >= 4 is 52.2 Å². The van der Waals surface area contributed by atoms with Crippen molar-refractivity contribution in [3.05, 3.63) is 101 Å². The zero-order valence-electron chi connectivity index (χ0n) is 23.0. The fraction of sp³-hybridized carbons (Fsp3) is 0.194. The maximum Gasteiger partial charge on any atom is 0.471 e. The summed E-state index contributed by atoms with van der Waals surface area (Å²) in [4.78, 5) is 39.5. The lowest BCUT2D eigenvalue weighted by atomic mass is 9.91. The predicted octanol–water partition coefficient (Wildman–Crippen LogP) is 7.47. The van der Waals surface area contributed by atoms with E-state index in [1.54, 1.807) is 30.3 Å². The Balaban J connectivity index is 1.78. The van der Waals surface area contributed by atoms with Gasteiger partial charge >= 0.3 is 12.1 Å². The van der Waals surface area contributed by atoms with Crippen molar-refractivity contribution < 1.29 is 27.5 Å². The molecule has 0 spiro atoms. The number of alkyl halides is 3. The molecule has 42 heavy (non-hydrogen) atoms. The molecule has 1 aliphatic carbocycles. The average molecular weight is 574 g/mol. The van der Waals surface area contributed by atoms with Crippen LogP contribution < -0.4 is 10.2 Å². The Morgan fingerprint density at radius 3 is 2.43 bits per heavy atom. The standard InChI is InChI=1S/C31H26F3N5O3/c1-5-39(6-2)22-14-15-24(19(3)16-22)37-26-17-27(42-18-36-21-12-10-20(35-4)11-13-21)29(40)23-8-7-9-25(28(23)26)38-30(41)31(32,33)34/h7-18H,5-6H2,1-3H3,(H,38,41). The molecule has 1 N–H and O–H groups in total. The molecule has 0 saturated carbocycles. The molecule has 0 aliphatic heterocycles. The molecule has 3 aromatic carbocycles. The number of carbonyl (C=O) groups excluding carboxylic acids is 2. The summed E-state index contributed by atoms with van der Waals surface area (Å²) >= 11 is 0. The summed E-state index contributed by atoms with van der Waals surface area (Å²) in [6.45, 7) is 14.6. The van der Waals surface area contributed by atoms with Crippen LogP contribution in [0.25, 0.3) is 4.85 Å². The van der Waals surface area contributed by atoms with Gasteiger partial charge in [0.15, 0.2) is 17.8 Å². The van der Waals surface area contributed by atoms with Crippen molar-refractivity contribution in [2.24, 2.45) is 9.98 Å². The van der Waals surface area contributed by atoms with Crippen LogP contribution in [0.1, 0.15) is 35.3 Å². The molecule has 1 amide bonds. The molecular weight excluding hydrogens is 547 g/mol. The molecule has 0 unspecified atom stereocenters. The van der Waals surface area contributed by atoms with E-state index in [2.05, 4.69) is 14.7 Å². The minimum atomic E-state index is -5.14. The number of nitrogens with one attached hydrogen (secondary N) is 1. The van der Waals surface area contributed by atoms with Crippen molar-refractivity contribution in [1.82, 2.24) is 0 Å². The Hall–Kier alpha value is -5.24. The third-order valence-electron chi connectivity index (χ3n) is 6.47. The van der Waals surface area contributed by atoms with E-state index in [0.29, 0.717) is 17.1 Å². The number of aryl methyl sites for hydroxylation is 1. The predicted molar refractivity (Wildman–Crippen MR) is 156 cm³/mol. The third kappa shape index (κ3) is 6.55. The number of nitrogens with zero attached hydrogens (tertiary/aromatic N) is 4. The minimum absolute atomic E-state index is 0.00144. The van der Waals surface area contributed by atoms with Gasteiger partial charge in [0.05, 0.1) is 29.3 Å². The molecule has 0 saturated heterocycles. The van der Waals surface area contributed by atoms with Gasteiger partial charge in [-0.05, 0) is 62.7 Å². The van der Waals surface area contributed by atoms with Crippen LogP contribution in [0.5, 0.6) is 0 Å². The van der Waals surface area contributed by atoms with Crippen LogP contribution in [0.4, 0.5) is 41.6 Å². The SMILES string of the molecule is [C-]#[N+]c1ccc(N=COC2=CC(=Nc3ccc(N(CC)CC)cc3C)c3c(NC(=O)C(F)(F)F)cccc3C2=O)cc1. The number of halogens is 3. The summed E-state index contributed by atoms with van der Waals surface area (Å²) in [5.41, 5.74) is 3.14. The first-order chi connectivity index (χ1) is 20.0. The number of rotatable bonds is 8. The molecule has 0 atom stereocenters. The first kappa shape index (κ1) is 29.7. The van der Waals surface area contributed by atoms with Crippen molar-refractivity contribution in [3.63, 3.8) is 0 Å². The second-order valence-electron chi connectivity index (χ2n) is 9.14. The summed E-state index contributed by atoms with van der Waals surface area (Å²) in [6.07, 6.45) is -2.78. The molecule has 0 radical (unpaired) electrons. The number of fused-ring (bicyclic) bond motifs is 1. The zero-order chi connectivity index (χ0) is 30.4. The van der Waals surface area contributed by atoms with Gasteiger partial charge in [0.25, 0.3) is 0 Å². The molecule has 11 heteroatoms. The van der Waals surface area contributed by atoms with Gasteiger partial charge in [-0.3, -0.25) is 9.59 Å². The number of carbonyl (C=O) groups is 2. The number of ketones is 1. The monoisotopic (exact) mass is 573 g/mol. The smallest absolute Gasteiger partial charge is 0.442 e. The maximum atomic E-state index is 13.3. The first-order valence-electron chi connectivity index (χ1n) is 12.9. The second kappa shape index (κ2) is 12.5. The Kier molecular flexibility index (Phi) is 8.86. The van der Waals surface area contributed by atoms with Crippen LogP contribution in [-0.4, -0.2) is 43.1 Å². The molecule has 0 bridgehead atoms. The summed E-state index contributed by atoms with van der Waals surface area (Å²) in [7, 11) is 0. The highest BCUT2D eigenvalue weighted by molar-refractivity contribution is 6.28. The largest absolute Gasteiger partial charge is 0.471 e. The number of ether oxygens (including phenoxy) is 1. The number of anilines is 2. The summed E-state index contributed by atoms with van der Waals surface area (Å²) in [5, 5.41) is 1.87. The highest BCUT2D eigenvalue weighted by Crippen LogP contribution is 2.33. The highest BCUT2D eigenvalue weighted by Gasteiger charge is 2.40. The van der Waals surface area contributed by atoms with E-state index in [0.717, 1.165) is 30.7 Å². The van der Waals surface area contributed by atoms with Gasteiger partial charge in [-0.25, -0.2) is 14.8 Å². The van der Waals surface area contributed by atoms with Gasteiger partial charge in [-0.15, -0.1) is 0 Å². The normalized spacial score (nSPS) is 13.9. The number of amides is 1. The topological polar surface area (TPSA) is 87.7 Å². The van der Waals surface area contributed by atoms with Crippen molar-refractivity contribution in [3.8, 4) is 0 Å². The number of Topliss-reactive ketones (excluding diaryl/α,β-unsaturated/α-hetero) is 1. The van der Waals surface area contributed by atoms with Gasteiger partial charge in [0.1, 0.15) is 0 Å². The second-order valence-corrected chi connectivity index (χ2v) is 9.14. The van der Waals surface area contributed by atoms with Crippen LogP contribution in [-0.2, 0) is 9.53 Å². The molecule has 8 nitrogen and oxygen atoms in total. The molecule has 0 fully saturated rings. The maximum absolute atomic E-state index is 13.3. The number of hydrogen-bond acceptors (Lipinski definition) is 6. The van der Waals surface area contributed by atoms with E-state index in [-0.39, 0.29) is 28.3 Å². The van der Waals surface area contributed by atoms with E-state index in [1.807, 2.05) is 38.2 Å². The van der Waals surface area contributed by atoms with Crippen LogP contribution in [0.15, 0.2) is 82.5 Å². The van der Waals surface area contributed by atoms with Gasteiger partial charge in [0, 0.05) is 36.0 Å². The summed E-state index contributed by atoms with van der Waals surface area (Å²) in [6, 6.07) is 16.0. The number of aliphatic imine (C=N–C) groups is 2. The van der Waals surface area contributed by atoms with Crippen molar-refractivity contribution in [2.75, 3.05) is 23.3 Å².